The number of carbonyl (C=O) groups is 1. The van der Waals surface area contributed by atoms with E-state index in [2.05, 4.69) is 5.32 Å². The first-order valence-corrected chi connectivity index (χ1v) is 6.98. The Morgan fingerprint density at radius 1 is 1.35 bits per heavy atom. The Labute approximate surface area is 126 Å². The largest absolute Gasteiger partial charge is 0.494 e. The van der Waals surface area contributed by atoms with E-state index in [4.69, 9.17) is 10.5 Å². The molecule has 0 heterocycles. The van der Waals surface area contributed by atoms with Crippen LogP contribution in [0.2, 0.25) is 0 Å². The predicted octanol–water partition coefficient (Wildman–Crippen LogP) is 2.96. The van der Waals surface area contributed by atoms with Crippen LogP contribution in [-0.2, 0) is 4.79 Å². The Kier molecular flexibility index (Phi) is 6.82. The highest BCUT2D eigenvalue weighted by molar-refractivity contribution is 5.92. The first-order valence-electron chi connectivity index (χ1n) is 6.98. The van der Waals surface area contributed by atoms with Crippen molar-refractivity contribution in [3.05, 3.63) is 24.3 Å². The van der Waals surface area contributed by atoms with E-state index in [1.807, 2.05) is 31.2 Å². The molecule has 20 heavy (non-hydrogen) atoms. The summed E-state index contributed by atoms with van der Waals surface area (Å²) >= 11 is 0. The van der Waals surface area contributed by atoms with Crippen LogP contribution in [0.1, 0.15) is 32.6 Å². The lowest BCUT2D eigenvalue weighted by Gasteiger charge is -2.25. The Morgan fingerprint density at radius 3 is 2.65 bits per heavy atom. The molecule has 0 saturated heterocycles. The van der Waals surface area contributed by atoms with E-state index < -0.39 is 0 Å². The van der Waals surface area contributed by atoms with Gasteiger partial charge in [0.05, 0.1) is 6.61 Å². The van der Waals surface area contributed by atoms with Crippen molar-refractivity contribution < 1.29 is 9.53 Å². The van der Waals surface area contributed by atoms with Crippen molar-refractivity contribution in [2.75, 3.05) is 11.9 Å². The maximum atomic E-state index is 12.1. The van der Waals surface area contributed by atoms with Gasteiger partial charge in [-0.3, -0.25) is 4.79 Å². The van der Waals surface area contributed by atoms with Crippen molar-refractivity contribution in [2.45, 2.75) is 38.6 Å². The number of amides is 1. The molecular formula is C15H23ClN2O2. The lowest BCUT2D eigenvalue weighted by atomic mass is 9.85. The van der Waals surface area contributed by atoms with E-state index in [0.717, 1.165) is 37.1 Å². The van der Waals surface area contributed by atoms with Crippen molar-refractivity contribution in [1.29, 1.82) is 0 Å². The van der Waals surface area contributed by atoms with Crippen LogP contribution in [0.15, 0.2) is 24.3 Å². The average molecular weight is 299 g/mol. The van der Waals surface area contributed by atoms with Gasteiger partial charge in [0, 0.05) is 17.6 Å². The second kappa shape index (κ2) is 8.12. The summed E-state index contributed by atoms with van der Waals surface area (Å²) in [7, 11) is 0. The number of nitrogens with one attached hydrogen (secondary N) is 1. The van der Waals surface area contributed by atoms with Gasteiger partial charge in [-0.2, -0.15) is 0 Å². The smallest absolute Gasteiger partial charge is 0.227 e. The van der Waals surface area contributed by atoms with Gasteiger partial charge in [-0.25, -0.2) is 0 Å². The molecule has 1 fully saturated rings. The number of halogens is 1. The van der Waals surface area contributed by atoms with Crippen LogP contribution in [0.25, 0.3) is 0 Å². The third-order valence-electron chi connectivity index (χ3n) is 3.52. The van der Waals surface area contributed by atoms with Crippen molar-refractivity contribution in [3.8, 4) is 5.75 Å². The van der Waals surface area contributed by atoms with Gasteiger partial charge < -0.3 is 15.8 Å². The fourth-order valence-electron chi connectivity index (χ4n) is 2.51. The van der Waals surface area contributed by atoms with Gasteiger partial charge in [-0.05, 0) is 50.5 Å². The summed E-state index contributed by atoms with van der Waals surface area (Å²) in [5.74, 6) is 0.954. The SMILES string of the molecule is CCOc1ccc(NC(=O)C2CCCC(N)C2)cc1.Cl. The molecule has 0 aromatic heterocycles. The molecule has 0 aliphatic heterocycles. The number of benzene rings is 1. The monoisotopic (exact) mass is 298 g/mol. The number of anilines is 1. The van der Waals surface area contributed by atoms with Crippen LogP contribution in [0, 0.1) is 5.92 Å². The molecule has 2 unspecified atom stereocenters. The van der Waals surface area contributed by atoms with Gasteiger partial charge in [0.1, 0.15) is 5.75 Å². The van der Waals surface area contributed by atoms with Crippen LogP contribution in [0.5, 0.6) is 5.75 Å². The molecule has 5 heteroatoms. The minimum absolute atomic E-state index is 0. The molecule has 1 saturated carbocycles. The van der Waals surface area contributed by atoms with Crippen LogP contribution >= 0.6 is 12.4 Å². The van der Waals surface area contributed by atoms with Crippen LogP contribution < -0.4 is 15.8 Å². The maximum Gasteiger partial charge on any atom is 0.227 e. The first kappa shape index (κ1) is 16.8. The van der Waals surface area contributed by atoms with Crippen LogP contribution in [0.4, 0.5) is 5.69 Å². The fourth-order valence-corrected chi connectivity index (χ4v) is 2.51. The average Bonchev–Trinajstić information content (AvgIpc) is 2.41. The van der Waals surface area contributed by atoms with Gasteiger partial charge in [0.25, 0.3) is 0 Å². The number of ether oxygens (including phenoxy) is 1. The summed E-state index contributed by atoms with van der Waals surface area (Å²) in [6.07, 6.45) is 3.81. The van der Waals surface area contributed by atoms with E-state index in [-0.39, 0.29) is 30.3 Å². The molecule has 1 aromatic rings. The van der Waals surface area contributed by atoms with Gasteiger partial charge in [0.15, 0.2) is 0 Å². The molecule has 0 spiro atoms. The summed E-state index contributed by atoms with van der Waals surface area (Å²) in [5, 5.41) is 2.95. The fraction of sp³-hybridized carbons (Fsp3) is 0.533. The zero-order chi connectivity index (χ0) is 13.7. The third kappa shape index (κ3) is 4.69. The predicted molar refractivity (Wildman–Crippen MR) is 83.4 cm³/mol. The summed E-state index contributed by atoms with van der Waals surface area (Å²) in [4.78, 5) is 12.1. The topological polar surface area (TPSA) is 64.3 Å². The highest BCUT2D eigenvalue weighted by atomic mass is 35.5. The summed E-state index contributed by atoms with van der Waals surface area (Å²) in [5.41, 5.74) is 6.73. The molecule has 2 atom stereocenters. The minimum Gasteiger partial charge on any atom is -0.494 e. The first-order chi connectivity index (χ1) is 9.19. The number of carbonyl (C=O) groups excluding carboxylic acids is 1. The molecule has 4 nitrogen and oxygen atoms in total. The number of hydrogen-bond acceptors (Lipinski definition) is 3. The molecule has 1 aliphatic carbocycles. The molecule has 1 amide bonds. The van der Waals surface area contributed by atoms with Gasteiger partial charge in [0.2, 0.25) is 5.91 Å². The molecule has 0 bridgehead atoms. The van der Waals surface area contributed by atoms with E-state index in [1.54, 1.807) is 0 Å². The highest BCUT2D eigenvalue weighted by Gasteiger charge is 2.25. The lowest BCUT2D eigenvalue weighted by molar-refractivity contribution is -0.120. The second-order valence-electron chi connectivity index (χ2n) is 5.07. The molecular weight excluding hydrogens is 276 g/mol. The van der Waals surface area contributed by atoms with E-state index in [0.29, 0.717) is 6.61 Å². The Hall–Kier alpha value is -1.26. The molecule has 112 valence electrons. The Morgan fingerprint density at radius 2 is 2.05 bits per heavy atom. The van der Waals surface area contributed by atoms with Crippen molar-refractivity contribution in [2.24, 2.45) is 11.7 Å². The molecule has 1 aliphatic rings. The number of nitrogens with two attached hydrogens (primary N) is 1. The van der Waals surface area contributed by atoms with E-state index in [1.165, 1.54) is 0 Å². The van der Waals surface area contributed by atoms with E-state index in [9.17, 15) is 4.79 Å². The third-order valence-corrected chi connectivity index (χ3v) is 3.52. The summed E-state index contributed by atoms with van der Waals surface area (Å²) < 4.78 is 5.37. The molecule has 3 N–H and O–H groups in total. The van der Waals surface area contributed by atoms with Crippen LogP contribution in [-0.4, -0.2) is 18.6 Å². The zero-order valence-electron chi connectivity index (χ0n) is 11.8. The van der Waals surface area contributed by atoms with Gasteiger partial charge in [-0.15, -0.1) is 12.4 Å². The van der Waals surface area contributed by atoms with Crippen molar-refractivity contribution in [3.63, 3.8) is 0 Å². The number of rotatable bonds is 4. The van der Waals surface area contributed by atoms with Crippen molar-refractivity contribution in [1.82, 2.24) is 0 Å². The van der Waals surface area contributed by atoms with Crippen LogP contribution in [0.3, 0.4) is 0 Å². The normalized spacial score (nSPS) is 21.7. The highest BCUT2D eigenvalue weighted by Crippen LogP contribution is 2.25. The summed E-state index contributed by atoms with van der Waals surface area (Å²) in [6, 6.07) is 7.64. The van der Waals surface area contributed by atoms with E-state index >= 15 is 0 Å². The molecule has 0 radical (unpaired) electrons. The Balaban J connectivity index is 0.00000200. The number of hydrogen-bond donors (Lipinski definition) is 2. The zero-order valence-corrected chi connectivity index (χ0v) is 12.6. The van der Waals surface area contributed by atoms with Crippen molar-refractivity contribution >= 4 is 24.0 Å². The molecule has 2 rings (SSSR count). The molecule has 1 aromatic carbocycles. The van der Waals surface area contributed by atoms with Gasteiger partial charge >= 0.3 is 0 Å². The minimum atomic E-state index is 0. The standard InChI is InChI=1S/C15H22N2O2.ClH/c1-2-19-14-8-6-13(7-9-14)17-15(18)11-4-3-5-12(16)10-11;/h6-9,11-12H,2-5,10,16H2,1H3,(H,17,18);1H. The van der Waals surface area contributed by atoms with Gasteiger partial charge in [-0.1, -0.05) is 6.42 Å². The second-order valence-corrected chi connectivity index (χ2v) is 5.07. The maximum absolute atomic E-state index is 12.1. The Bertz CT molecular complexity index is 422. The quantitative estimate of drug-likeness (QED) is 0.898. The lowest BCUT2D eigenvalue weighted by Crippen LogP contribution is -2.34. The summed E-state index contributed by atoms with van der Waals surface area (Å²) in [6.45, 7) is 2.59.